The second-order valence-corrected chi connectivity index (χ2v) is 18.3. The Kier molecular flexibility index (Phi) is 6.46. The van der Waals surface area contributed by atoms with Gasteiger partial charge in [-0.25, -0.2) is 12.9 Å². The average Bonchev–Trinajstić information content (AvgIpc) is 2.71. The molecule has 3 aromatic rings. The topological polar surface area (TPSA) is 83.6 Å². The van der Waals surface area contributed by atoms with Gasteiger partial charge in [0.25, 0.3) is 25.0 Å². The highest BCUT2D eigenvalue weighted by Crippen LogP contribution is 2.69. The van der Waals surface area contributed by atoms with Gasteiger partial charge >= 0.3 is 0 Å². The number of hydrogen-bond donors (Lipinski definition) is 0. The van der Waals surface area contributed by atoms with Crippen LogP contribution in [0.2, 0.25) is 0 Å². The minimum Gasteiger partial charge on any atom is -0.215 e. The van der Waals surface area contributed by atoms with Crippen molar-refractivity contribution in [1.29, 1.82) is 0 Å². The molecule has 6 nitrogen and oxygen atoms in total. The van der Waals surface area contributed by atoms with Crippen LogP contribution in [0.5, 0.6) is 0 Å². The monoisotopic (exact) mass is 550 g/mol. The zero-order valence-corrected chi connectivity index (χ0v) is 21.3. The van der Waals surface area contributed by atoms with E-state index in [-0.39, 0.29) is 0 Å². The third-order valence-electron chi connectivity index (χ3n) is 4.23. The zero-order valence-electron chi connectivity index (χ0n) is 15.6. The van der Waals surface area contributed by atoms with Crippen LogP contribution in [0.3, 0.4) is 0 Å². The molecule has 1 aliphatic rings. The van der Waals surface area contributed by atoms with Crippen LogP contribution in [0.15, 0.2) is 108 Å². The fraction of sp³-hybridized carbons (Fsp3) is 0. The van der Waals surface area contributed by atoms with Gasteiger partial charge in [0.15, 0.2) is 0 Å². The third-order valence-corrected chi connectivity index (χ3v) is 17.9. The predicted molar refractivity (Wildman–Crippen MR) is 136 cm³/mol. The molecule has 0 saturated heterocycles. The van der Waals surface area contributed by atoms with Gasteiger partial charge in [0, 0.05) is 37.3 Å². The molecule has 0 N–H and O–H groups in total. The van der Waals surface area contributed by atoms with Crippen LogP contribution in [0.1, 0.15) is 0 Å². The van der Waals surface area contributed by atoms with E-state index in [1.54, 1.807) is 0 Å². The fourth-order valence-electron chi connectivity index (χ4n) is 3.15. The minimum absolute atomic E-state index is 0.863. The highest BCUT2D eigenvalue weighted by Gasteiger charge is 2.34. The zero-order chi connectivity index (χ0) is 22.2. The quantitative estimate of drug-likeness (QED) is 0.276. The van der Waals surface area contributed by atoms with Crippen LogP contribution < -0.4 is 15.9 Å². The van der Waals surface area contributed by atoms with Crippen molar-refractivity contribution in [3.8, 4) is 0 Å². The molecular weight excluding hydrogens is 537 g/mol. The molecule has 1 aliphatic heterocycles. The van der Waals surface area contributed by atoms with Crippen molar-refractivity contribution in [1.82, 2.24) is 0 Å². The first-order valence-electron chi connectivity index (χ1n) is 8.74. The van der Waals surface area contributed by atoms with Crippen LogP contribution in [-0.4, -0.2) is 8.42 Å². The van der Waals surface area contributed by atoms with Crippen LogP contribution in [-0.2, 0) is 18.3 Å². The number of halogens is 3. The van der Waals surface area contributed by atoms with E-state index in [2.05, 4.69) is 12.1 Å². The fourth-order valence-corrected chi connectivity index (χ4v) is 19.6. The van der Waals surface area contributed by atoms with Crippen molar-refractivity contribution >= 4 is 80.5 Å². The van der Waals surface area contributed by atoms with E-state index >= 15 is 0 Å². The van der Waals surface area contributed by atoms with Gasteiger partial charge in [0.1, 0.15) is 0 Å². The van der Waals surface area contributed by atoms with E-state index in [1.807, 2.05) is 91.0 Å². The number of hydrogen-bond acceptors (Lipinski definition) is 4. The number of benzene rings is 3. The van der Waals surface area contributed by atoms with Crippen LogP contribution >= 0.6 is 46.4 Å². The van der Waals surface area contributed by atoms with E-state index in [0.29, 0.717) is 0 Å². The molecule has 1 heterocycles. The summed E-state index contributed by atoms with van der Waals surface area (Å²) in [5.41, 5.74) is 0. The van der Waals surface area contributed by atoms with E-state index in [4.69, 9.17) is 37.1 Å². The predicted octanol–water partition coefficient (Wildman–Crippen LogP) is 6.44. The van der Waals surface area contributed by atoms with E-state index in [9.17, 15) is 8.42 Å². The molecule has 0 aromatic heterocycles. The van der Waals surface area contributed by atoms with Crippen molar-refractivity contribution in [3.63, 3.8) is 0 Å². The molecule has 0 amide bonds. The van der Waals surface area contributed by atoms with Crippen molar-refractivity contribution < 1.29 is 8.42 Å². The maximum absolute atomic E-state index is 12.5. The summed E-state index contributed by atoms with van der Waals surface area (Å²) in [6, 6.07) is 28.7. The summed E-state index contributed by atoms with van der Waals surface area (Å²) >= 11 is 6.73. The first-order valence-corrected chi connectivity index (χ1v) is 17.6. The van der Waals surface area contributed by atoms with Crippen molar-refractivity contribution in [2.24, 2.45) is 16.6 Å². The number of rotatable bonds is 4. The molecule has 162 valence electrons. The summed E-state index contributed by atoms with van der Waals surface area (Å²) in [5, 5.41) is 2.59. The first-order chi connectivity index (χ1) is 14.6. The van der Waals surface area contributed by atoms with E-state index in [0.717, 1.165) is 15.9 Å². The van der Waals surface area contributed by atoms with Gasteiger partial charge < -0.3 is 0 Å². The molecule has 0 spiro atoms. The molecule has 3 unspecified atom stereocenters. The Hall–Kier alpha value is -1.11. The molecule has 0 saturated carbocycles. The SMILES string of the molecule is O=S1(Cl)=NP(Cl)(N=P(c2ccccc2)(c2ccccc2)c2ccccc2)=NS(=O)(Cl)=N1. The van der Waals surface area contributed by atoms with Gasteiger partial charge in [-0.05, 0) is 11.2 Å². The molecule has 0 aliphatic carbocycles. The smallest absolute Gasteiger partial charge is 0.215 e. The van der Waals surface area contributed by atoms with Gasteiger partial charge in [0.2, 0.25) is 0 Å². The van der Waals surface area contributed by atoms with Gasteiger partial charge in [-0.3, -0.25) is 0 Å². The highest BCUT2D eigenvalue weighted by molar-refractivity contribution is 8.29. The average molecular weight is 552 g/mol. The maximum atomic E-state index is 12.5. The Morgan fingerprint density at radius 2 is 1.10 bits per heavy atom. The van der Waals surface area contributed by atoms with Crippen LogP contribution in [0, 0.1) is 0 Å². The van der Waals surface area contributed by atoms with Crippen molar-refractivity contribution in [2.45, 2.75) is 0 Å². The van der Waals surface area contributed by atoms with Gasteiger partial charge in [-0.2, -0.15) is 0 Å². The highest BCUT2D eigenvalue weighted by atomic mass is 35.7. The molecule has 4 rings (SSSR count). The largest absolute Gasteiger partial charge is 0.298 e. The molecule has 3 atom stereocenters. The lowest BCUT2D eigenvalue weighted by atomic mass is 10.4. The van der Waals surface area contributed by atoms with Gasteiger partial charge in [-0.1, -0.05) is 94.8 Å². The third kappa shape index (κ3) is 4.96. The molecule has 0 radical (unpaired) electrons. The Morgan fingerprint density at radius 3 is 1.45 bits per heavy atom. The van der Waals surface area contributed by atoms with Gasteiger partial charge in [-0.15, -0.1) is 8.28 Å². The summed E-state index contributed by atoms with van der Waals surface area (Å²) in [7, 11) is 1.28. The molecule has 0 fully saturated rings. The van der Waals surface area contributed by atoms with Crippen molar-refractivity contribution in [2.75, 3.05) is 0 Å². The van der Waals surface area contributed by atoms with Gasteiger partial charge in [0.05, 0.1) is 7.05 Å². The van der Waals surface area contributed by atoms with Crippen LogP contribution in [0.4, 0.5) is 0 Å². The Bertz CT molecular complexity index is 1370. The van der Waals surface area contributed by atoms with E-state index < -0.39 is 32.0 Å². The standard InChI is InChI=1S/C18H15Cl3N4O2P2S2/c19-29(23-30(20,26)25-31(21,27)24-29)22-28(16-10-4-1-5-11-16,17-12-6-2-7-13-17)18-14-8-3-9-15-18/h1-15H. The Balaban J connectivity index is 2.24. The summed E-state index contributed by atoms with van der Waals surface area (Å²) in [6.45, 7) is -3.74. The van der Waals surface area contributed by atoms with Crippen LogP contribution in [0.25, 0.3) is 0 Å². The minimum atomic E-state index is -3.80. The normalized spacial score (nSPS) is 28.0. The molecule has 0 bridgehead atoms. The number of nitrogens with zero attached hydrogens (tertiary/aromatic N) is 4. The molecular formula is C18H15Cl3N4O2P2S2. The Morgan fingerprint density at radius 1 is 0.710 bits per heavy atom. The lowest BCUT2D eigenvalue weighted by Crippen LogP contribution is -2.25. The molecule has 31 heavy (non-hydrogen) atoms. The molecule has 3 aromatic carbocycles. The second-order valence-electron chi connectivity index (χ2n) is 6.33. The van der Waals surface area contributed by atoms with E-state index in [1.165, 1.54) is 0 Å². The summed E-state index contributed by atoms with van der Waals surface area (Å²) in [4.78, 5) is 0. The van der Waals surface area contributed by atoms with Crippen molar-refractivity contribution in [3.05, 3.63) is 91.0 Å². The summed E-state index contributed by atoms with van der Waals surface area (Å²) < 4.78 is 41.3. The second kappa shape index (κ2) is 8.68. The Labute approximate surface area is 195 Å². The summed E-state index contributed by atoms with van der Waals surface area (Å²) in [6.07, 6.45) is 0. The lowest BCUT2D eigenvalue weighted by molar-refractivity contribution is 0.682. The lowest BCUT2D eigenvalue weighted by Gasteiger charge is -2.28. The summed E-state index contributed by atoms with van der Waals surface area (Å²) in [5.74, 6) is 0. The first kappa shape index (κ1) is 23.1. The maximum Gasteiger partial charge on any atom is 0.298 e. The molecule has 13 heteroatoms.